The van der Waals surface area contributed by atoms with Gasteiger partial charge in [0, 0.05) is 36.0 Å². The lowest BCUT2D eigenvalue weighted by molar-refractivity contribution is -0.384. The Labute approximate surface area is 182 Å². The molecule has 0 aliphatic heterocycles. The van der Waals surface area contributed by atoms with Gasteiger partial charge in [0.1, 0.15) is 11.8 Å². The number of nitrogens with zero attached hydrogens (tertiary/aromatic N) is 3. The molecule has 0 spiro atoms. The number of non-ortho nitro benzene ring substituents is 1. The van der Waals surface area contributed by atoms with Gasteiger partial charge in [-0.3, -0.25) is 19.7 Å². The summed E-state index contributed by atoms with van der Waals surface area (Å²) >= 11 is 0. The van der Waals surface area contributed by atoms with Crippen LogP contribution < -0.4 is 15.5 Å². The van der Waals surface area contributed by atoms with Crippen LogP contribution in [0.3, 0.4) is 0 Å². The number of nitrogens with one attached hydrogen (secondary N) is 3. The number of nitro benzene ring substituents is 1. The van der Waals surface area contributed by atoms with E-state index in [-0.39, 0.29) is 12.1 Å². The monoisotopic (exact) mass is 436 g/mol. The molecule has 0 saturated carbocycles. The number of carbonyl (C=O) groups is 2. The molecule has 11 heteroatoms. The summed E-state index contributed by atoms with van der Waals surface area (Å²) in [5, 5.41) is 17.3. The van der Waals surface area contributed by atoms with Crippen LogP contribution >= 0.6 is 0 Å². The Balaban J connectivity index is 1.67. The molecule has 1 aromatic heterocycles. The molecule has 11 nitrogen and oxygen atoms in total. The Morgan fingerprint density at radius 1 is 1.22 bits per heavy atom. The SMILES string of the molecule is COc1ccc(C(=O)N[C@@H](Cc2cnc[nH]2)C(=O)N/N=C/c2ccc([N+](=O)[O-])cc2)cc1. The fraction of sp³-hybridized carbons (Fsp3) is 0.143. The molecule has 0 saturated heterocycles. The van der Waals surface area contributed by atoms with Gasteiger partial charge in [-0.15, -0.1) is 0 Å². The molecule has 1 atom stereocenters. The van der Waals surface area contributed by atoms with E-state index in [0.717, 1.165) is 0 Å². The average Bonchev–Trinajstić information content (AvgIpc) is 3.32. The summed E-state index contributed by atoms with van der Waals surface area (Å²) in [6.45, 7) is 0. The van der Waals surface area contributed by atoms with E-state index in [9.17, 15) is 19.7 Å². The maximum absolute atomic E-state index is 12.7. The van der Waals surface area contributed by atoms with Crippen molar-refractivity contribution >= 4 is 23.7 Å². The van der Waals surface area contributed by atoms with Crippen molar-refractivity contribution in [3.05, 3.63) is 88.0 Å². The third kappa shape index (κ3) is 5.98. The van der Waals surface area contributed by atoms with Crippen molar-refractivity contribution < 1.29 is 19.2 Å². The number of carbonyl (C=O) groups excluding carboxylic acids is 2. The van der Waals surface area contributed by atoms with Crippen LogP contribution in [0.5, 0.6) is 5.75 Å². The van der Waals surface area contributed by atoms with E-state index in [1.165, 1.54) is 43.9 Å². The predicted octanol–water partition coefficient (Wildman–Crippen LogP) is 1.82. The molecule has 164 valence electrons. The van der Waals surface area contributed by atoms with Crippen LogP contribution in [-0.4, -0.2) is 46.1 Å². The quantitative estimate of drug-likeness (QED) is 0.264. The predicted molar refractivity (Wildman–Crippen MR) is 115 cm³/mol. The molecular weight excluding hydrogens is 416 g/mol. The summed E-state index contributed by atoms with van der Waals surface area (Å²) < 4.78 is 5.08. The minimum atomic E-state index is -0.931. The first-order valence-corrected chi connectivity index (χ1v) is 9.46. The minimum Gasteiger partial charge on any atom is -0.497 e. The number of ether oxygens (including phenoxy) is 1. The number of benzene rings is 2. The van der Waals surface area contributed by atoms with Crippen LogP contribution in [0.4, 0.5) is 5.69 Å². The molecule has 0 fully saturated rings. The Morgan fingerprint density at radius 3 is 2.53 bits per heavy atom. The van der Waals surface area contributed by atoms with E-state index >= 15 is 0 Å². The first kappa shape index (κ1) is 22.2. The zero-order chi connectivity index (χ0) is 22.9. The lowest BCUT2D eigenvalue weighted by Crippen LogP contribution is -2.46. The lowest BCUT2D eigenvalue weighted by atomic mass is 10.1. The third-order valence-electron chi connectivity index (χ3n) is 4.45. The molecule has 1 heterocycles. The van der Waals surface area contributed by atoms with E-state index in [1.54, 1.807) is 30.5 Å². The first-order valence-electron chi connectivity index (χ1n) is 9.46. The Kier molecular flexibility index (Phi) is 7.25. The smallest absolute Gasteiger partial charge is 0.269 e. The van der Waals surface area contributed by atoms with Gasteiger partial charge in [-0.25, -0.2) is 10.4 Å². The van der Waals surface area contributed by atoms with Crippen LogP contribution in [0.1, 0.15) is 21.6 Å². The molecule has 0 aliphatic rings. The number of aromatic nitrogens is 2. The van der Waals surface area contributed by atoms with Gasteiger partial charge in [0.15, 0.2) is 0 Å². The molecule has 0 aliphatic carbocycles. The second-order valence-corrected chi connectivity index (χ2v) is 6.62. The van der Waals surface area contributed by atoms with E-state index in [2.05, 4.69) is 25.8 Å². The molecule has 3 N–H and O–H groups in total. The molecule has 2 amide bonds. The van der Waals surface area contributed by atoms with Crippen molar-refractivity contribution in [1.29, 1.82) is 0 Å². The van der Waals surface area contributed by atoms with Gasteiger partial charge in [-0.1, -0.05) is 0 Å². The van der Waals surface area contributed by atoms with Crippen molar-refractivity contribution in [1.82, 2.24) is 20.7 Å². The van der Waals surface area contributed by atoms with Gasteiger partial charge in [-0.05, 0) is 42.0 Å². The van der Waals surface area contributed by atoms with E-state index in [4.69, 9.17) is 4.74 Å². The second-order valence-electron chi connectivity index (χ2n) is 6.62. The highest BCUT2D eigenvalue weighted by Crippen LogP contribution is 2.12. The van der Waals surface area contributed by atoms with Gasteiger partial charge in [-0.2, -0.15) is 5.10 Å². The summed E-state index contributed by atoms with van der Waals surface area (Å²) in [4.78, 5) is 42.3. The number of methoxy groups -OCH3 is 1. The molecule has 0 radical (unpaired) electrons. The van der Waals surface area contributed by atoms with Crippen molar-refractivity contribution in [2.75, 3.05) is 7.11 Å². The highest BCUT2D eigenvalue weighted by Gasteiger charge is 2.22. The zero-order valence-corrected chi connectivity index (χ0v) is 17.0. The van der Waals surface area contributed by atoms with Crippen molar-refractivity contribution in [3.8, 4) is 5.75 Å². The van der Waals surface area contributed by atoms with E-state index < -0.39 is 22.8 Å². The fourth-order valence-corrected chi connectivity index (χ4v) is 2.74. The average molecular weight is 436 g/mol. The number of imidazole rings is 1. The lowest BCUT2D eigenvalue weighted by Gasteiger charge is -2.16. The van der Waals surface area contributed by atoms with Gasteiger partial charge in [0.2, 0.25) is 0 Å². The molecule has 3 aromatic rings. The molecule has 2 aromatic carbocycles. The second kappa shape index (κ2) is 10.5. The van der Waals surface area contributed by atoms with Gasteiger partial charge in [0.05, 0.1) is 24.6 Å². The molecule has 0 bridgehead atoms. The number of rotatable bonds is 9. The summed E-state index contributed by atoms with van der Waals surface area (Å²) in [5.74, 6) is -0.375. The first-order chi connectivity index (χ1) is 15.5. The topological polar surface area (TPSA) is 152 Å². The number of hydrazone groups is 1. The number of nitro groups is 1. The number of H-pyrrole nitrogens is 1. The molecule has 0 unspecified atom stereocenters. The van der Waals surface area contributed by atoms with Gasteiger partial charge in [0.25, 0.3) is 17.5 Å². The van der Waals surface area contributed by atoms with Crippen LogP contribution in [0.25, 0.3) is 0 Å². The fourth-order valence-electron chi connectivity index (χ4n) is 2.74. The summed E-state index contributed by atoms with van der Waals surface area (Å²) in [7, 11) is 1.52. The Bertz CT molecular complexity index is 1090. The van der Waals surface area contributed by atoms with Crippen LogP contribution in [0, 0.1) is 10.1 Å². The number of hydrogen-bond donors (Lipinski definition) is 3. The summed E-state index contributed by atoms with van der Waals surface area (Å²) in [5.41, 5.74) is 3.91. The normalized spacial score (nSPS) is 11.7. The third-order valence-corrected chi connectivity index (χ3v) is 4.45. The zero-order valence-electron chi connectivity index (χ0n) is 17.0. The highest BCUT2D eigenvalue weighted by atomic mass is 16.6. The van der Waals surface area contributed by atoms with Gasteiger partial charge >= 0.3 is 0 Å². The van der Waals surface area contributed by atoms with Crippen LogP contribution in [0.15, 0.2) is 66.2 Å². The maximum Gasteiger partial charge on any atom is 0.269 e. The number of hydrogen-bond acceptors (Lipinski definition) is 7. The van der Waals surface area contributed by atoms with E-state index in [0.29, 0.717) is 22.6 Å². The van der Waals surface area contributed by atoms with Crippen molar-refractivity contribution in [2.24, 2.45) is 5.10 Å². The molecular formula is C21H20N6O5. The standard InChI is InChI=1S/C21H20N6O5/c1-32-18-8-4-15(5-9-18)20(28)25-19(10-16-12-22-13-23-16)21(29)26-24-11-14-2-6-17(7-3-14)27(30)31/h2-9,11-13,19H,10H2,1H3,(H,22,23)(H,25,28)(H,26,29)/b24-11+/t19-/m0/s1. The molecule has 3 rings (SSSR count). The maximum atomic E-state index is 12.7. The largest absolute Gasteiger partial charge is 0.497 e. The Morgan fingerprint density at radius 2 is 1.94 bits per heavy atom. The number of aromatic amines is 1. The highest BCUT2D eigenvalue weighted by molar-refractivity contribution is 5.97. The van der Waals surface area contributed by atoms with Crippen molar-refractivity contribution in [2.45, 2.75) is 12.5 Å². The number of amides is 2. The van der Waals surface area contributed by atoms with Crippen LogP contribution in [-0.2, 0) is 11.2 Å². The molecule has 32 heavy (non-hydrogen) atoms. The van der Waals surface area contributed by atoms with Crippen LogP contribution in [0.2, 0.25) is 0 Å². The summed E-state index contributed by atoms with van der Waals surface area (Å²) in [6, 6.07) is 11.2. The summed E-state index contributed by atoms with van der Waals surface area (Å²) in [6.07, 6.45) is 4.54. The minimum absolute atomic E-state index is 0.0490. The van der Waals surface area contributed by atoms with E-state index in [1.807, 2.05) is 0 Å². The van der Waals surface area contributed by atoms with Crippen molar-refractivity contribution in [3.63, 3.8) is 0 Å². The van der Waals surface area contributed by atoms with Gasteiger partial charge < -0.3 is 15.0 Å². The Hall–Kier alpha value is -4.54.